The molecule has 0 saturated heterocycles. The SMILES string of the molecule is c1ccc(-c2nc(-c3ccc4c(c3)oc3ccc(-c5ccc6c(c5)Oc5ccccc5N6c5ccccc5)cc34)nc(-c3cccc4c3oc3ccccc34)n2)cc1. The van der Waals surface area contributed by atoms with Gasteiger partial charge in [0.25, 0.3) is 0 Å². The molecule has 11 aromatic rings. The number of anilines is 3. The maximum Gasteiger partial charge on any atom is 0.167 e. The van der Waals surface area contributed by atoms with E-state index >= 15 is 0 Å². The first-order chi connectivity index (χ1) is 28.7. The molecule has 0 N–H and O–H groups in total. The van der Waals surface area contributed by atoms with Crippen molar-refractivity contribution in [3.63, 3.8) is 0 Å². The van der Waals surface area contributed by atoms with E-state index in [0.29, 0.717) is 17.5 Å². The number of para-hydroxylation sites is 5. The quantitative estimate of drug-likeness (QED) is 0.173. The van der Waals surface area contributed by atoms with Crippen molar-refractivity contribution in [1.82, 2.24) is 15.0 Å². The third kappa shape index (κ3) is 5.18. The van der Waals surface area contributed by atoms with Gasteiger partial charge in [0.15, 0.2) is 29.0 Å². The highest BCUT2D eigenvalue weighted by atomic mass is 16.5. The molecule has 0 spiro atoms. The van der Waals surface area contributed by atoms with Gasteiger partial charge in [0.2, 0.25) is 0 Å². The van der Waals surface area contributed by atoms with E-state index in [1.165, 1.54) is 0 Å². The largest absolute Gasteiger partial charge is 0.456 e. The van der Waals surface area contributed by atoms with Crippen LogP contribution in [0.1, 0.15) is 0 Å². The summed E-state index contributed by atoms with van der Waals surface area (Å²) in [6, 6.07) is 61.6. The first-order valence-electron chi connectivity index (χ1n) is 19.2. The third-order valence-electron chi connectivity index (χ3n) is 10.9. The Hall–Kier alpha value is -8.03. The van der Waals surface area contributed by atoms with E-state index in [2.05, 4.69) is 89.8 Å². The van der Waals surface area contributed by atoms with Crippen LogP contribution in [-0.2, 0) is 0 Å². The molecule has 8 aromatic carbocycles. The zero-order valence-corrected chi connectivity index (χ0v) is 30.8. The van der Waals surface area contributed by atoms with E-state index < -0.39 is 0 Å². The lowest BCUT2D eigenvalue weighted by molar-refractivity contribution is 0.477. The van der Waals surface area contributed by atoms with E-state index in [1.807, 2.05) is 97.1 Å². The van der Waals surface area contributed by atoms with E-state index in [0.717, 1.165) is 100 Å². The number of benzene rings is 8. The van der Waals surface area contributed by atoms with Gasteiger partial charge in [0, 0.05) is 38.4 Å². The van der Waals surface area contributed by atoms with Crippen molar-refractivity contribution < 1.29 is 13.6 Å². The standard InChI is InChI=1S/C51H30N4O3/c1-3-12-31(13-4-1)49-52-50(54-51(53-49)39-18-11-17-38-36-16-7-9-20-43(36)58-48(38)39)34-22-25-37-40-28-32(24-27-44(40)56-46(37)30-34)33-23-26-42-47(29-33)57-45-21-10-8-19-41(45)55(42)35-14-5-2-6-15-35/h1-30H. The van der Waals surface area contributed by atoms with E-state index in [-0.39, 0.29) is 0 Å². The average Bonchev–Trinajstić information content (AvgIpc) is 3.86. The fraction of sp³-hybridized carbons (Fsp3) is 0. The van der Waals surface area contributed by atoms with Crippen LogP contribution in [0.5, 0.6) is 11.5 Å². The van der Waals surface area contributed by atoms with Crippen LogP contribution in [-0.4, -0.2) is 15.0 Å². The highest BCUT2D eigenvalue weighted by molar-refractivity contribution is 6.09. The summed E-state index contributed by atoms with van der Waals surface area (Å²) in [5.41, 5.74) is 10.8. The first kappa shape index (κ1) is 32.2. The molecule has 7 heteroatoms. The average molecular weight is 747 g/mol. The van der Waals surface area contributed by atoms with Crippen molar-refractivity contribution >= 4 is 60.9 Å². The second kappa shape index (κ2) is 12.8. The minimum Gasteiger partial charge on any atom is -0.456 e. The van der Waals surface area contributed by atoms with Crippen molar-refractivity contribution in [3.8, 4) is 56.8 Å². The Kier molecular flexibility index (Phi) is 7.09. The molecular weight excluding hydrogens is 717 g/mol. The summed E-state index contributed by atoms with van der Waals surface area (Å²) in [4.78, 5) is 17.3. The molecule has 12 rings (SSSR count). The molecule has 272 valence electrons. The van der Waals surface area contributed by atoms with Gasteiger partial charge in [-0.15, -0.1) is 0 Å². The van der Waals surface area contributed by atoms with Gasteiger partial charge in [-0.05, 0) is 83.9 Å². The van der Waals surface area contributed by atoms with Gasteiger partial charge in [-0.2, -0.15) is 0 Å². The van der Waals surface area contributed by atoms with Crippen LogP contribution < -0.4 is 9.64 Å². The summed E-state index contributed by atoms with van der Waals surface area (Å²) in [7, 11) is 0. The molecule has 0 atom stereocenters. The van der Waals surface area contributed by atoms with Crippen molar-refractivity contribution in [1.29, 1.82) is 0 Å². The molecule has 0 saturated carbocycles. The van der Waals surface area contributed by atoms with Gasteiger partial charge in [0.05, 0.1) is 16.9 Å². The van der Waals surface area contributed by atoms with Crippen LogP contribution in [0.15, 0.2) is 191 Å². The normalized spacial score (nSPS) is 12.2. The van der Waals surface area contributed by atoms with Crippen molar-refractivity contribution in [2.75, 3.05) is 4.90 Å². The van der Waals surface area contributed by atoms with E-state index in [1.54, 1.807) is 0 Å². The Morgan fingerprint density at radius 2 is 1.02 bits per heavy atom. The Morgan fingerprint density at radius 3 is 1.91 bits per heavy atom. The van der Waals surface area contributed by atoms with Crippen LogP contribution in [0.4, 0.5) is 17.1 Å². The summed E-state index contributed by atoms with van der Waals surface area (Å²) in [6.07, 6.45) is 0. The molecule has 0 fully saturated rings. The minimum absolute atomic E-state index is 0.535. The second-order valence-electron chi connectivity index (χ2n) is 14.4. The van der Waals surface area contributed by atoms with E-state index in [9.17, 15) is 0 Å². The molecule has 0 unspecified atom stereocenters. The Balaban J connectivity index is 0.948. The van der Waals surface area contributed by atoms with Gasteiger partial charge >= 0.3 is 0 Å². The molecule has 1 aliphatic heterocycles. The number of hydrogen-bond acceptors (Lipinski definition) is 7. The number of fused-ring (bicyclic) bond motifs is 8. The van der Waals surface area contributed by atoms with Gasteiger partial charge in [-0.25, -0.2) is 15.0 Å². The predicted octanol–water partition coefficient (Wildman–Crippen LogP) is 13.9. The monoisotopic (exact) mass is 746 g/mol. The zero-order valence-electron chi connectivity index (χ0n) is 30.8. The highest BCUT2D eigenvalue weighted by Gasteiger charge is 2.26. The molecule has 0 bridgehead atoms. The summed E-state index contributed by atoms with van der Waals surface area (Å²) < 4.78 is 19.4. The third-order valence-corrected chi connectivity index (χ3v) is 10.9. The zero-order chi connectivity index (χ0) is 38.2. The molecule has 3 aromatic heterocycles. The Morgan fingerprint density at radius 1 is 0.362 bits per heavy atom. The smallest absolute Gasteiger partial charge is 0.167 e. The Labute approximate surface area is 332 Å². The number of hydrogen-bond donors (Lipinski definition) is 0. The molecule has 58 heavy (non-hydrogen) atoms. The lowest BCUT2D eigenvalue weighted by Gasteiger charge is -2.33. The van der Waals surface area contributed by atoms with Crippen LogP contribution in [0, 0.1) is 0 Å². The van der Waals surface area contributed by atoms with E-state index in [4.69, 9.17) is 28.5 Å². The molecule has 4 heterocycles. The number of rotatable bonds is 5. The van der Waals surface area contributed by atoms with Gasteiger partial charge in [0.1, 0.15) is 22.3 Å². The molecule has 1 aliphatic rings. The van der Waals surface area contributed by atoms with Gasteiger partial charge in [-0.3, -0.25) is 0 Å². The maximum absolute atomic E-state index is 6.52. The van der Waals surface area contributed by atoms with Crippen LogP contribution in [0.2, 0.25) is 0 Å². The predicted molar refractivity (Wildman–Crippen MR) is 231 cm³/mol. The highest BCUT2D eigenvalue weighted by Crippen LogP contribution is 2.51. The van der Waals surface area contributed by atoms with Crippen LogP contribution >= 0.6 is 0 Å². The first-order valence-corrected chi connectivity index (χ1v) is 19.2. The van der Waals surface area contributed by atoms with Crippen molar-refractivity contribution in [2.45, 2.75) is 0 Å². The Bertz CT molecular complexity index is 3390. The molecule has 0 aliphatic carbocycles. The van der Waals surface area contributed by atoms with Gasteiger partial charge in [-0.1, -0.05) is 109 Å². The topological polar surface area (TPSA) is 77.4 Å². The van der Waals surface area contributed by atoms with Crippen molar-refractivity contribution in [3.05, 3.63) is 182 Å². The fourth-order valence-corrected chi connectivity index (χ4v) is 8.15. The lowest BCUT2D eigenvalue weighted by atomic mass is 10.0. The minimum atomic E-state index is 0.535. The maximum atomic E-state index is 6.52. The van der Waals surface area contributed by atoms with Gasteiger partial charge < -0.3 is 18.5 Å². The lowest BCUT2D eigenvalue weighted by Crippen LogP contribution is -2.15. The van der Waals surface area contributed by atoms with Crippen LogP contribution in [0.3, 0.4) is 0 Å². The summed E-state index contributed by atoms with van der Waals surface area (Å²) in [6.45, 7) is 0. The number of ether oxygens (including phenoxy) is 1. The summed E-state index contributed by atoms with van der Waals surface area (Å²) in [5, 5.41) is 4.09. The second-order valence-corrected chi connectivity index (χ2v) is 14.4. The summed E-state index contributed by atoms with van der Waals surface area (Å²) >= 11 is 0. The molecule has 7 nitrogen and oxygen atoms in total. The number of nitrogens with zero attached hydrogens (tertiary/aromatic N) is 4. The molecule has 0 amide bonds. The summed E-state index contributed by atoms with van der Waals surface area (Å²) in [5.74, 6) is 3.26. The van der Waals surface area contributed by atoms with Crippen LogP contribution in [0.25, 0.3) is 89.2 Å². The molecule has 0 radical (unpaired) electrons. The van der Waals surface area contributed by atoms with Crippen molar-refractivity contribution in [2.24, 2.45) is 0 Å². The number of aromatic nitrogens is 3. The number of furan rings is 2. The molecular formula is C51H30N4O3. The fourth-order valence-electron chi connectivity index (χ4n) is 8.15.